The van der Waals surface area contributed by atoms with Crippen LogP contribution in [0.15, 0.2) is 34.8 Å². The molecule has 11 heteroatoms. The number of aliphatic carboxylic acids is 1. The second-order valence-corrected chi connectivity index (χ2v) is 11.8. The van der Waals surface area contributed by atoms with Crippen molar-refractivity contribution >= 4 is 44.6 Å². The number of nitrogens with zero attached hydrogens (tertiary/aromatic N) is 2. The number of hydrogen-bond donors (Lipinski definition) is 2. The molecule has 0 radical (unpaired) electrons. The molecule has 5 rings (SSSR count). The summed E-state index contributed by atoms with van der Waals surface area (Å²) in [6.07, 6.45) is 6.91. The number of benzene rings is 1. The maximum atomic E-state index is 13.7. The van der Waals surface area contributed by atoms with Crippen molar-refractivity contribution in [1.82, 2.24) is 15.2 Å². The molecule has 0 spiro atoms. The number of pyridine rings is 1. The Hall–Kier alpha value is -3.34. The normalized spacial score (nSPS) is 29.1. The van der Waals surface area contributed by atoms with Crippen molar-refractivity contribution in [2.24, 2.45) is 17.8 Å². The van der Waals surface area contributed by atoms with Gasteiger partial charge < -0.3 is 29.5 Å². The lowest BCUT2D eigenvalue weighted by Gasteiger charge is -2.26. The Labute approximate surface area is 247 Å². The van der Waals surface area contributed by atoms with Gasteiger partial charge in [0.25, 0.3) is 0 Å². The van der Waals surface area contributed by atoms with Crippen LogP contribution >= 0.6 is 15.9 Å². The molecule has 1 aromatic carbocycles. The number of carboxylic acid groups (broad SMARTS) is 1. The maximum absolute atomic E-state index is 13.7. The Morgan fingerprint density at radius 1 is 1.22 bits per heavy atom. The molecule has 2 saturated carbocycles. The summed E-state index contributed by atoms with van der Waals surface area (Å²) in [4.78, 5) is 45.8. The number of aromatic nitrogens is 1. The summed E-state index contributed by atoms with van der Waals surface area (Å²) in [5.41, 5.74) is -0.721. The predicted octanol–water partition coefficient (Wildman–Crippen LogP) is 4.34. The quantitative estimate of drug-likeness (QED) is 0.452. The van der Waals surface area contributed by atoms with Crippen LogP contribution < -0.4 is 19.5 Å². The van der Waals surface area contributed by atoms with Crippen LogP contribution in [0.3, 0.4) is 0 Å². The summed E-state index contributed by atoms with van der Waals surface area (Å²) in [6, 6.07) is 5.38. The topological polar surface area (TPSA) is 127 Å². The zero-order valence-electron chi connectivity index (χ0n) is 23.5. The van der Waals surface area contributed by atoms with Gasteiger partial charge >= 0.3 is 5.97 Å². The van der Waals surface area contributed by atoms with Gasteiger partial charge in [0, 0.05) is 31.0 Å². The minimum atomic E-state index is -1.32. The number of fused-ring (bicyclic) bond motifs is 3. The fourth-order valence-corrected chi connectivity index (χ4v) is 6.63. The van der Waals surface area contributed by atoms with E-state index in [1.807, 2.05) is 31.2 Å². The second-order valence-electron chi connectivity index (χ2n) is 11.1. The van der Waals surface area contributed by atoms with E-state index in [0.29, 0.717) is 53.4 Å². The molecular formula is C30H36BrN3O7. The van der Waals surface area contributed by atoms with Crippen LogP contribution in [-0.2, 0) is 14.4 Å². The highest BCUT2D eigenvalue weighted by Crippen LogP contribution is 2.47. The number of methoxy groups -OCH3 is 1. The molecular weight excluding hydrogens is 594 g/mol. The van der Waals surface area contributed by atoms with Gasteiger partial charge in [0.2, 0.25) is 17.7 Å². The van der Waals surface area contributed by atoms with Crippen molar-refractivity contribution in [2.45, 2.75) is 57.1 Å². The predicted molar refractivity (Wildman–Crippen MR) is 155 cm³/mol. The molecule has 0 saturated heterocycles. The first kappa shape index (κ1) is 29.2. The number of carbonyl (C=O) groups is 3. The molecule has 220 valence electrons. The Kier molecular flexibility index (Phi) is 8.45. The highest BCUT2D eigenvalue weighted by molar-refractivity contribution is 9.10. The van der Waals surface area contributed by atoms with Crippen LogP contribution in [0.5, 0.6) is 17.4 Å². The van der Waals surface area contributed by atoms with E-state index in [0.717, 1.165) is 24.6 Å². The van der Waals surface area contributed by atoms with Crippen LogP contribution in [0.25, 0.3) is 10.9 Å². The SMILES string of the molecule is CCOc1cc(OC2CC3C(=O)NC4(C(=O)O)CC4/C=C\CCCCN(C)C(=O)C3C2)c2ccc(OC)c(Br)c2n1. The minimum absolute atomic E-state index is 0.123. The van der Waals surface area contributed by atoms with Crippen molar-refractivity contribution in [3.05, 3.63) is 34.8 Å². The summed E-state index contributed by atoms with van der Waals surface area (Å²) >= 11 is 3.57. The minimum Gasteiger partial charge on any atom is -0.495 e. The number of halogens is 1. The lowest BCUT2D eigenvalue weighted by atomic mass is 9.93. The molecule has 3 aliphatic rings. The third-order valence-corrected chi connectivity index (χ3v) is 9.17. The van der Waals surface area contributed by atoms with Gasteiger partial charge in [0.05, 0.1) is 35.5 Å². The zero-order chi connectivity index (χ0) is 29.3. The van der Waals surface area contributed by atoms with E-state index in [4.69, 9.17) is 14.2 Å². The average Bonchev–Trinajstić information content (AvgIpc) is 3.48. The van der Waals surface area contributed by atoms with Gasteiger partial charge in [-0.25, -0.2) is 9.78 Å². The van der Waals surface area contributed by atoms with Gasteiger partial charge in [-0.2, -0.15) is 0 Å². The summed E-state index contributed by atoms with van der Waals surface area (Å²) < 4.78 is 18.3. The molecule has 10 nitrogen and oxygen atoms in total. The van der Waals surface area contributed by atoms with Crippen molar-refractivity contribution in [1.29, 1.82) is 0 Å². The first-order valence-corrected chi connectivity index (χ1v) is 14.9. The van der Waals surface area contributed by atoms with Crippen LogP contribution in [-0.4, -0.2) is 71.7 Å². The van der Waals surface area contributed by atoms with E-state index in [1.165, 1.54) is 0 Å². The molecule has 2 fully saturated rings. The van der Waals surface area contributed by atoms with Gasteiger partial charge in [-0.1, -0.05) is 12.2 Å². The van der Waals surface area contributed by atoms with Gasteiger partial charge in [-0.15, -0.1) is 0 Å². The van der Waals surface area contributed by atoms with Crippen molar-refractivity contribution in [3.8, 4) is 17.4 Å². The fourth-order valence-electron chi connectivity index (χ4n) is 6.03. The first-order chi connectivity index (χ1) is 19.7. The Balaban J connectivity index is 1.46. The molecule has 41 heavy (non-hydrogen) atoms. The van der Waals surface area contributed by atoms with E-state index in [1.54, 1.807) is 25.1 Å². The highest BCUT2D eigenvalue weighted by atomic mass is 79.9. The summed E-state index contributed by atoms with van der Waals surface area (Å²) in [6.45, 7) is 2.87. The molecule has 0 bridgehead atoms. The Morgan fingerprint density at radius 2 is 2.00 bits per heavy atom. The first-order valence-electron chi connectivity index (χ1n) is 14.1. The maximum Gasteiger partial charge on any atom is 0.330 e. The third kappa shape index (κ3) is 5.73. The van der Waals surface area contributed by atoms with Crippen LogP contribution in [0.1, 0.15) is 45.4 Å². The lowest BCUT2D eigenvalue weighted by Crippen LogP contribution is -2.49. The molecule has 1 aliphatic heterocycles. The molecule has 2 amide bonds. The van der Waals surface area contributed by atoms with Crippen LogP contribution in [0, 0.1) is 17.8 Å². The van der Waals surface area contributed by atoms with E-state index in [2.05, 4.69) is 26.2 Å². The molecule has 5 atom stereocenters. The molecule has 2 heterocycles. The van der Waals surface area contributed by atoms with Crippen LogP contribution in [0.2, 0.25) is 0 Å². The van der Waals surface area contributed by atoms with Gasteiger partial charge in [0.1, 0.15) is 23.1 Å². The van der Waals surface area contributed by atoms with E-state index in [9.17, 15) is 19.5 Å². The van der Waals surface area contributed by atoms with Gasteiger partial charge in [-0.3, -0.25) is 9.59 Å². The third-order valence-electron chi connectivity index (χ3n) is 8.40. The number of allylic oxidation sites excluding steroid dienone is 1. The largest absolute Gasteiger partial charge is 0.495 e. The average molecular weight is 631 g/mol. The number of nitrogens with one attached hydrogen (secondary N) is 1. The summed E-state index contributed by atoms with van der Waals surface area (Å²) in [5.74, 6) is -1.68. The van der Waals surface area contributed by atoms with E-state index < -0.39 is 35.4 Å². The zero-order valence-corrected chi connectivity index (χ0v) is 25.1. The smallest absolute Gasteiger partial charge is 0.330 e. The number of hydrogen-bond acceptors (Lipinski definition) is 7. The molecule has 5 unspecified atom stereocenters. The Morgan fingerprint density at radius 3 is 2.73 bits per heavy atom. The number of amides is 2. The summed E-state index contributed by atoms with van der Waals surface area (Å²) in [5, 5.41) is 13.5. The highest BCUT2D eigenvalue weighted by Gasteiger charge is 2.61. The van der Waals surface area contributed by atoms with Crippen LogP contribution in [0.4, 0.5) is 0 Å². The van der Waals surface area contributed by atoms with Gasteiger partial charge in [-0.05, 0) is 73.5 Å². The molecule has 2 aliphatic carbocycles. The molecule has 1 aromatic heterocycles. The fraction of sp³-hybridized carbons (Fsp3) is 0.533. The standard InChI is InChI=1S/C30H36BrN3O7/c1-4-40-24-15-23(19-10-11-22(39-3)25(31)26(19)32-24)41-18-13-20-21(14-18)28(36)34(2)12-8-6-5-7-9-17-16-30(17,29(37)38)33-27(20)35/h7,9-11,15,17-18,20-21H,4-6,8,12-14,16H2,1-3H3,(H,33,35)(H,37,38)/b9-7-. The number of rotatable bonds is 6. The monoisotopic (exact) mass is 629 g/mol. The molecule has 2 aromatic rings. The van der Waals surface area contributed by atoms with Gasteiger partial charge in [0.15, 0.2) is 0 Å². The van der Waals surface area contributed by atoms with E-state index in [-0.39, 0.29) is 18.2 Å². The number of carbonyl (C=O) groups excluding carboxylic acids is 2. The lowest BCUT2D eigenvalue weighted by molar-refractivity contribution is -0.145. The number of ether oxygens (including phenoxy) is 3. The van der Waals surface area contributed by atoms with E-state index >= 15 is 0 Å². The van der Waals surface area contributed by atoms with Crippen molar-refractivity contribution in [2.75, 3.05) is 27.3 Å². The van der Waals surface area contributed by atoms with Crippen molar-refractivity contribution < 1.29 is 33.7 Å². The molecule has 2 N–H and O–H groups in total. The Bertz CT molecular complexity index is 1380. The second kappa shape index (κ2) is 11.9. The summed E-state index contributed by atoms with van der Waals surface area (Å²) in [7, 11) is 3.34. The number of carboxylic acids is 1. The van der Waals surface area contributed by atoms with Crippen molar-refractivity contribution in [3.63, 3.8) is 0 Å².